The van der Waals surface area contributed by atoms with Crippen LogP contribution in [0.25, 0.3) is 0 Å². The van der Waals surface area contributed by atoms with Gasteiger partial charge in [0.15, 0.2) is 11.6 Å². The smallest absolute Gasteiger partial charge is 0.167 e. The fourth-order valence-electron chi connectivity index (χ4n) is 5.11. The monoisotopic (exact) mass is 340 g/mol. The summed E-state index contributed by atoms with van der Waals surface area (Å²) in [4.78, 5) is 26.8. The van der Waals surface area contributed by atoms with E-state index in [0.29, 0.717) is 23.0 Å². The molecular weight excluding hydrogens is 320 g/mol. The van der Waals surface area contributed by atoms with E-state index in [1.807, 2.05) is 60.7 Å². The molecule has 26 heavy (non-hydrogen) atoms. The maximum absolute atomic E-state index is 13.4. The number of fused-ring (bicyclic) bond motifs is 1. The lowest BCUT2D eigenvalue weighted by Crippen LogP contribution is -2.54. The molecule has 6 atom stereocenters. The molecule has 6 rings (SSSR count). The lowest BCUT2D eigenvalue weighted by atomic mass is 9.48. The summed E-state index contributed by atoms with van der Waals surface area (Å²) in [5.41, 5.74) is 1.42. The Morgan fingerprint density at radius 2 is 0.846 bits per heavy atom. The van der Waals surface area contributed by atoms with Crippen LogP contribution in [0.4, 0.5) is 0 Å². The van der Waals surface area contributed by atoms with Gasteiger partial charge in [-0.25, -0.2) is 0 Å². The third-order valence-electron chi connectivity index (χ3n) is 6.38. The first-order chi connectivity index (χ1) is 12.8. The van der Waals surface area contributed by atoms with Gasteiger partial charge in [-0.1, -0.05) is 85.0 Å². The second kappa shape index (κ2) is 5.91. The highest BCUT2D eigenvalue weighted by Gasteiger charge is 2.56. The van der Waals surface area contributed by atoms with E-state index in [1.165, 1.54) is 0 Å². The second-order valence-electron chi connectivity index (χ2n) is 7.59. The van der Waals surface area contributed by atoms with Crippen LogP contribution >= 0.6 is 0 Å². The van der Waals surface area contributed by atoms with Gasteiger partial charge in [-0.05, 0) is 23.7 Å². The quantitative estimate of drug-likeness (QED) is 0.602. The standard InChI is InChI=1S/C24H20O2/c25-23(15-7-3-1-4-8-15)21-19-13-14-20(18-12-11-17(18)19)22(21)24(26)16-9-5-2-6-10-16/h1-14,17-22H. The molecule has 4 aliphatic carbocycles. The number of carbonyl (C=O) groups excluding carboxylic acids is 2. The molecule has 2 nitrogen and oxygen atoms in total. The van der Waals surface area contributed by atoms with Crippen molar-refractivity contribution in [1.82, 2.24) is 0 Å². The molecule has 0 aromatic heterocycles. The number of rotatable bonds is 4. The molecule has 4 aliphatic rings. The average molecular weight is 340 g/mol. The molecule has 2 heteroatoms. The van der Waals surface area contributed by atoms with Crippen LogP contribution in [0, 0.1) is 35.5 Å². The van der Waals surface area contributed by atoms with E-state index in [2.05, 4.69) is 24.3 Å². The predicted octanol–water partition coefficient (Wildman–Crippen LogP) is 4.60. The van der Waals surface area contributed by atoms with Gasteiger partial charge in [0.1, 0.15) is 0 Å². The van der Waals surface area contributed by atoms with E-state index < -0.39 is 0 Å². The van der Waals surface area contributed by atoms with Gasteiger partial charge < -0.3 is 0 Å². The van der Waals surface area contributed by atoms with Crippen molar-refractivity contribution >= 4 is 11.6 Å². The molecule has 1 fully saturated rings. The normalized spacial score (nSPS) is 33.4. The maximum atomic E-state index is 13.4. The van der Waals surface area contributed by atoms with Crippen LogP contribution in [0.3, 0.4) is 0 Å². The van der Waals surface area contributed by atoms with Gasteiger partial charge in [-0.2, -0.15) is 0 Å². The number of allylic oxidation sites excluding steroid dienone is 4. The van der Waals surface area contributed by atoms with Crippen LogP contribution in [0.1, 0.15) is 20.7 Å². The highest BCUT2D eigenvalue weighted by molar-refractivity contribution is 6.06. The first-order valence-corrected chi connectivity index (χ1v) is 9.31. The van der Waals surface area contributed by atoms with E-state index in [4.69, 9.17) is 0 Å². The van der Waals surface area contributed by atoms with Crippen molar-refractivity contribution in [3.05, 3.63) is 96.1 Å². The lowest BCUT2D eigenvalue weighted by molar-refractivity contribution is 0.0289. The number of benzene rings is 2. The summed E-state index contributed by atoms with van der Waals surface area (Å²) in [6.07, 6.45) is 8.83. The Morgan fingerprint density at radius 1 is 0.500 bits per heavy atom. The topological polar surface area (TPSA) is 34.1 Å². The summed E-state index contributed by atoms with van der Waals surface area (Å²) in [7, 11) is 0. The van der Waals surface area contributed by atoms with Gasteiger partial charge in [-0.15, -0.1) is 0 Å². The third-order valence-corrected chi connectivity index (χ3v) is 6.38. The van der Waals surface area contributed by atoms with Crippen molar-refractivity contribution in [1.29, 1.82) is 0 Å². The van der Waals surface area contributed by atoms with Gasteiger partial charge in [0.25, 0.3) is 0 Å². The van der Waals surface area contributed by atoms with Gasteiger partial charge in [0.2, 0.25) is 0 Å². The number of hydrogen-bond donors (Lipinski definition) is 0. The molecule has 1 saturated carbocycles. The average Bonchev–Trinajstić information content (AvgIpc) is 2.67. The Bertz CT molecular complexity index is 834. The van der Waals surface area contributed by atoms with Crippen molar-refractivity contribution in [3.8, 4) is 0 Å². The molecule has 2 aromatic rings. The summed E-state index contributed by atoms with van der Waals surface area (Å²) in [5, 5.41) is 0. The summed E-state index contributed by atoms with van der Waals surface area (Å²) >= 11 is 0. The number of hydrogen-bond acceptors (Lipinski definition) is 2. The van der Waals surface area contributed by atoms with E-state index in [9.17, 15) is 9.59 Å². The maximum Gasteiger partial charge on any atom is 0.167 e. The summed E-state index contributed by atoms with van der Waals surface area (Å²) in [5.74, 6) is 0.735. The fraction of sp³-hybridized carbons (Fsp3) is 0.250. The molecule has 0 aliphatic heterocycles. The van der Waals surface area contributed by atoms with Crippen LogP contribution in [0.15, 0.2) is 85.0 Å². The van der Waals surface area contributed by atoms with Crippen LogP contribution in [0.5, 0.6) is 0 Å². The summed E-state index contributed by atoms with van der Waals surface area (Å²) in [6, 6.07) is 18.9. The first-order valence-electron chi connectivity index (χ1n) is 9.31. The van der Waals surface area contributed by atoms with E-state index in [1.54, 1.807) is 0 Å². The number of Topliss-reactive ketones (excluding diaryl/α,β-unsaturated/α-hetero) is 2. The Labute approximate surface area is 153 Å². The summed E-state index contributed by atoms with van der Waals surface area (Å²) < 4.78 is 0. The molecule has 2 aromatic carbocycles. The van der Waals surface area contributed by atoms with Gasteiger partial charge in [0, 0.05) is 23.0 Å². The van der Waals surface area contributed by atoms with Crippen LogP contribution in [-0.2, 0) is 0 Å². The zero-order chi connectivity index (χ0) is 17.7. The molecule has 0 N–H and O–H groups in total. The highest BCUT2D eigenvalue weighted by Crippen LogP contribution is 2.57. The molecule has 128 valence electrons. The van der Waals surface area contributed by atoms with Crippen molar-refractivity contribution in [2.45, 2.75) is 0 Å². The number of ketones is 2. The second-order valence-corrected chi connectivity index (χ2v) is 7.59. The first kappa shape index (κ1) is 15.5. The van der Waals surface area contributed by atoms with Crippen LogP contribution in [-0.4, -0.2) is 11.6 Å². The van der Waals surface area contributed by atoms with E-state index in [-0.39, 0.29) is 35.2 Å². The molecular formula is C24H20O2. The molecule has 0 spiro atoms. The Balaban J connectivity index is 1.58. The van der Waals surface area contributed by atoms with Gasteiger partial charge >= 0.3 is 0 Å². The zero-order valence-electron chi connectivity index (χ0n) is 14.4. The molecule has 0 amide bonds. The minimum Gasteiger partial charge on any atom is -0.294 e. The molecule has 0 heterocycles. The van der Waals surface area contributed by atoms with Crippen molar-refractivity contribution in [2.24, 2.45) is 35.5 Å². The molecule has 0 saturated heterocycles. The Kier molecular flexibility index (Phi) is 3.53. The molecule has 0 radical (unpaired) electrons. The zero-order valence-corrected chi connectivity index (χ0v) is 14.4. The van der Waals surface area contributed by atoms with Gasteiger partial charge in [-0.3, -0.25) is 9.59 Å². The van der Waals surface area contributed by atoms with Crippen LogP contribution in [0.2, 0.25) is 0 Å². The van der Waals surface area contributed by atoms with Crippen LogP contribution < -0.4 is 0 Å². The Hall–Kier alpha value is -2.74. The minimum absolute atomic E-state index is 0.109. The Morgan fingerprint density at radius 3 is 1.19 bits per heavy atom. The SMILES string of the molecule is O=C(c1ccccc1)C1C2C=CC(C3C=CC32)C1C(=O)c1ccccc1. The highest BCUT2D eigenvalue weighted by atomic mass is 16.1. The third kappa shape index (κ3) is 2.18. The molecule has 2 bridgehead atoms. The lowest BCUT2D eigenvalue weighted by Gasteiger charge is -2.54. The van der Waals surface area contributed by atoms with E-state index >= 15 is 0 Å². The van der Waals surface area contributed by atoms with Crippen molar-refractivity contribution in [2.75, 3.05) is 0 Å². The largest absolute Gasteiger partial charge is 0.294 e. The fourth-order valence-corrected chi connectivity index (χ4v) is 5.11. The van der Waals surface area contributed by atoms with Crippen molar-refractivity contribution in [3.63, 3.8) is 0 Å². The number of carbonyl (C=O) groups is 2. The van der Waals surface area contributed by atoms with Crippen molar-refractivity contribution < 1.29 is 9.59 Å². The molecule has 6 unspecified atom stereocenters. The summed E-state index contributed by atoms with van der Waals surface area (Å²) in [6.45, 7) is 0. The minimum atomic E-state index is -0.272. The predicted molar refractivity (Wildman–Crippen MR) is 101 cm³/mol. The van der Waals surface area contributed by atoms with Gasteiger partial charge in [0.05, 0.1) is 0 Å². The van der Waals surface area contributed by atoms with E-state index in [0.717, 1.165) is 0 Å².